The van der Waals surface area contributed by atoms with Crippen LogP contribution in [-0.4, -0.2) is 18.7 Å². The smallest absolute Gasteiger partial charge is 0.317 e. The first-order chi connectivity index (χ1) is 16.1. The molecule has 7 rings (SSSR count). The van der Waals surface area contributed by atoms with E-state index in [4.69, 9.17) is 4.98 Å². The van der Waals surface area contributed by atoms with E-state index in [0.717, 1.165) is 23.2 Å². The molecule has 7 nitrogen and oxygen atoms in total. The predicted octanol–water partition coefficient (Wildman–Crippen LogP) is 3.49. The summed E-state index contributed by atoms with van der Waals surface area (Å²) in [7, 11) is 0. The monoisotopic (exact) mass is 443 g/mol. The molecule has 2 heterocycles. The van der Waals surface area contributed by atoms with E-state index < -0.39 is 5.69 Å². The van der Waals surface area contributed by atoms with Crippen molar-refractivity contribution < 1.29 is 0 Å². The maximum atomic E-state index is 13.7. The number of hydrogen-bond acceptors (Lipinski definition) is 4. The van der Waals surface area contributed by atoms with Gasteiger partial charge in [-0.25, -0.2) is 9.78 Å². The molecule has 7 heteroatoms. The van der Waals surface area contributed by atoms with Crippen molar-refractivity contribution in [2.24, 2.45) is 23.7 Å². The molecular weight excluding hydrogens is 414 g/mol. The van der Waals surface area contributed by atoms with Crippen LogP contribution in [0.25, 0.3) is 11.2 Å². The van der Waals surface area contributed by atoms with Gasteiger partial charge in [0.25, 0.3) is 5.56 Å². The number of benzene rings is 1. The topological polar surface area (TPSA) is 85.6 Å². The molecule has 0 amide bonds. The van der Waals surface area contributed by atoms with Gasteiger partial charge in [0.1, 0.15) is 12.4 Å². The van der Waals surface area contributed by atoms with E-state index >= 15 is 0 Å². The van der Waals surface area contributed by atoms with Crippen molar-refractivity contribution in [2.75, 3.05) is 0 Å². The number of nitrogens with zero attached hydrogens (tertiary/aromatic N) is 5. The standard InChI is InChI=1S/C26H29N5O2/c1-2-9-30-25(32)22-24(29(10-8-27)26(30)33)28-23(31(22)15-16-6-4-3-5-7-16)21-19-12-17-11-18(14-19)20(21)13-17/h3-7,17-21H,2,9-15H2,1H3. The second kappa shape index (κ2) is 7.72. The third kappa shape index (κ3) is 3.03. The van der Waals surface area contributed by atoms with Crippen LogP contribution in [0.3, 0.4) is 0 Å². The van der Waals surface area contributed by atoms with Gasteiger partial charge in [0, 0.05) is 19.0 Å². The van der Waals surface area contributed by atoms with E-state index in [1.165, 1.54) is 34.8 Å². The van der Waals surface area contributed by atoms with E-state index in [2.05, 4.69) is 22.8 Å². The van der Waals surface area contributed by atoms with Crippen LogP contribution in [0.15, 0.2) is 39.9 Å². The Bertz CT molecular complexity index is 1370. The fourth-order valence-corrected chi connectivity index (χ4v) is 7.26. The molecule has 0 saturated heterocycles. The van der Waals surface area contributed by atoms with Gasteiger partial charge in [-0.3, -0.25) is 13.9 Å². The molecule has 4 aliphatic carbocycles. The molecule has 5 atom stereocenters. The molecular formula is C26H29N5O2. The summed E-state index contributed by atoms with van der Waals surface area (Å²) in [6.07, 6.45) is 5.76. The number of hydrogen-bond donors (Lipinski definition) is 0. The minimum Gasteiger partial charge on any atom is -0.317 e. The zero-order chi connectivity index (χ0) is 22.7. The van der Waals surface area contributed by atoms with E-state index in [9.17, 15) is 14.9 Å². The summed E-state index contributed by atoms with van der Waals surface area (Å²) in [5.74, 6) is 4.11. The van der Waals surface area contributed by atoms with Gasteiger partial charge >= 0.3 is 5.69 Å². The summed E-state index contributed by atoms with van der Waals surface area (Å²) >= 11 is 0. The first-order valence-electron chi connectivity index (χ1n) is 12.2. The average molecular weight is 444 g/mol. The molecule has 4 fully saturated rings. The summed E-state index contributed by atoms with van der Waals surface area (Å²) in [5, 5.41) is 9.46. The van der Waals surface area contributed by atoms with Crippen LogP contribution in [0.1, 0.15) is 56.3 Å². The lowest BCUT2D eigenvalue weighted by Crippen LogP contribution is -2.40. The molecule has 4 bridgehead atoms. The van der Waals surface area contributed by atoms with Crippen molar-refractivity contribution in [1.29, 1.82) is 5.26 Å². The van der Waals surface area contributed by atoms with Crippen LogP contribution in [0.5, 0.6) is 0 Å². The van der Waals surface area contributed by atoms with E-state index in [0.29, 0.717) is 48.4 Å². The van der Waals surface area contributed by atoms with Crippen LogP contribution < -0.4 is 11.2 Å². The summed E-state index contributed by atoms with van der Waals surface area (Å²) in [6.45, 7) is 2.72. The molecule has 4 aliphatic rings. The fourth-order valence-electron chi connectivity index (χ4n) is 7.26. The minimum absolute atomic E-state index is 0.108. The molecule has 2 aromatic heterocycles. The van der Waals surface area contributed by atoms with Crippen molar-refractivity contribution in [1.82, 2.24) is 18.7 Å². The maximum absolute atomic E-state index is 13.7. The van der Waals surface area contributed by atoms with Crippen molar-refractivity contribution in [3.63, 3.8) is 0 Å². The number of imidazole rings is 1. The Morgan fingerprint density at radius 2 is 1.82 bits per heavy atom. The Morgan fingerprint density at radius 1 is 1.03 bits per heavy atom. The SMILES string of the molecule is CCCn1c(=O)c2c(nc(C3C4CC5CC(C4)C3C5)n2Cc2ccccc2)n(CC#N)c1=O. The third-order valence-electron chi connectivity index (χ3n) is 8.36. The lowest BCUT2D eigenvalue weighted by molar-refractivity contribution is 0.240. The molecule has 170 valence electrons. The van der Waals surface area contributed by atoms with Crippen molar-refractivity contribution in [3.8, 4) is 6.07 Å². The van der Waals surface area contributed by atoms with Gasteiger partial charge in [0.2, 0.25) is 0 Å². The average Bonchev–Trinajstić information content (AvgIpc) is 3.40. The summed E-state index contributed by atoms with van der Waals surface area (Å²) in [4.78, 5) is 31.9. The molecule has 3 aromatic rings. The molecule has 1 aromatic carbocycles. The van der Waals surface area contributed by atoms with Gasteiger partial charge in [-0.05, 0) is 61.3 Å². The summed E-state index contributed by atoms with van der Waals surface area (Å²) in [5.41, 5.74) is 1.23. The zero-order valence-corrected chi connectivity index (χ0v) is 19.0. The van der Waals surface area contributed by atoms with Crippen LogP contribution in [0, 0.1) is 35.0 Å². The van der Waals surface area contributed by atoms with E-state index in [-0.39, 0.29) is 12.1 Å². The molecule has 0 spiro atoms. The molecule has 33 heavy (non-hydrogen) atoms. The quantitative estimate of drug-likeness (QED) is 0.584. The highest BCUT2D eigenvalue weighted by Crippen LogP contribution is 2.64. The van der Waals surface area contributed by atoms with Crippen LogP contribution in [0.2, 0.25) is 0 Å². The summed E-state index contributed by atoms with van der Waals surface area (Å²) in [6, 6.07) is 12.2. The fraction of sp³-hybridized carbons (Fsp3) is 0.538. The number of rotatable bonds is 6. The van der Waals surface area contributed by atoms with Crippen LogP contribution >= 0.6 is 0 Å². The van der Waals surface area contributed by atoms with Crippen LogP contribution in [-0.2, 0) is 19.6 Å². The molecule has 0 aliphatic heterocycles. The molecule has 0 radical (unpaired) electrons. The number of aromatic nitrogens is 4. The molecule has 0 N–H and O–H groups in total. The van der Waals surface area contributed by atoms with E-state index in [1.807, 2.05) is 25.1 Å². The van der Waals surface area contributed by atoms with Gasteiger partial charge in [-0.15, -0.1) is 0 Å². The van der Waals surface area contributed by atoms with Crippen LogP contribution in [0.4, 0.5) is 0 Å². The lowest BCUT2D eigenvalue weighted by Gasteiger charge is -2.32. The highest BCUT2D eigenvalue weighted by atomic mass is 16.2. The van der Waals surface area contributed by atoms with Gasteiger partial charge in [-0.1, -0.05) is 37.3 Å². The molecule has 4 saturated carbocycles. The predicted molar refractivity (Wildman–Crippen MR) is 125 cm³/mol. The maximum Gasteiger partial charge on any atom is 0.333 e. The van der Waals surface area contributed by atoms with Crippen molar-refractivity contribution >= 4 is 11.2 Å². The van der Waals surface area contributed by atoms with Gasteiger partial charge < -0.3 is 4.57 Å². The number of fused-ring (bicyclic) bond motifs is 1. The third-order valence-corrected chi connectivity index (χ3v) is 8.36. The summed E-state index contributed by atoms with van der Waals surface area (Å²) < 4.78 is 4.78. The first-order valence-corrected chi connectivity index (χ1v) is 12.2. The second-order valence-corrected chi connectivity index (χ2v) is 10.2. The Kier molecular flexibility index (Phi) is 4.79. The normalized spacial score (nSPS) is 27.5. The van der Waals surface area contributed by atoms with Gasteiger partial charge in [0.15, 0.2) is 11.2 Å². The largest absolute Gasteiger partial charge is 0.333 e. The van der Waals surface area contributed by atoms with Crippen molar-refractivity contribution in [2.45, 2.75) is 64.6 Å². The zero-order valence-electron chi connectivity index (χ0n) is 19.0. The van der Waals surface area contributed by atoms with Gasteiger partial charge in [-0.2, -0.15) is 5.26 Å². The van der Waals surface area contributed by atoms with Crippen molar-refractivity contribution in [3.05, 3.63) is 62.6 Å². The first kappa shape index (κ1) is 20.5. The number of nitriles is 1. The Balaban J connectivity index is 1.63. The Hall–Kier alpha value is -3.14. The lowest BCUT2D eigenvalue weighted by atomic mass is 9.75. The Labute approximate surface area is 192 Å². The highest BCUT2D eigenvalue weighted by Gasteiger charge is 2.55. The van der Waals surface area contributed by atoms with E-state index in [1.54, 1.807) is 0 Å². The second-order valence-electron chi connectivity index (χ2n) is 10.2. The highest BCUT2D eigenvalue weighted by molar-refractivity contribution is 5.72. The molecule has 5 unspecified atom stereocenters. The minimum atomic E-state index is -0.430. The Morgan fingerprint density at radius 3 is 2.55 bits per heavy atom. The van der Waals surface area contributed by atoms with Gasteiger partial charge in [0.05, 0.1) is 6.07 Å².